The monoisotopic (exact) mass is 373 g/mol. The lowest BCUT2D eigenvalue weighted by atomic mass is 9.99. The molecule has 1 aromatic carbocycles. The molecule has 0 radical (unpaired) electrons. The summed E-state index contributed by atoms with van der Waals surface area (Å²) >= 11 is 4.74. The van der Waals surface area contributed by atoms with Gasteiger partial charge in [-0.2, -0.15) is 0 Å². The second kappa shape index (κ2) is 6.81. The molecule has 7 heteroatoms. The molecule has 2 N–H and O–H groups in total. The van der Waals surface area contributed by atoms with Crippen LogP contribution >= 0.6 is 27.7 Å². The molecule has 0 aromatic heterocycles. The minimum atomic E-state index is -1.29. The van der Waals surface area contributed by atoms with Crippen LogP contribution in [0.3, 0.4) is 0 Å². The van der Waals surface area contributed by atoms with Crippen LogP contribution in [-0.2, 0) is 14.3 Å². The fourth-order valence-electron chi connectivity index (χ4n) is 1.99. The van der Waals surface area contributed by atoms with Crippen LogP contribution in [0.2, 0.25) is 0 Å². The summed E-state index contributed by atoms with van der Waals surface area (Å²) in [7, 11) is 0. The Balaban J connectivity index is 1.99. The van der Waals surface area contributed by atoms with Gasteiger partial charge in [-0.05, 0) is 31.2 Å². The van der Waals surface area contributed by atoms with Gasteiger partial charge in [0.1, 0.15) is 0 Å². The number of carboxylic acids is 1. The molecule has 2 atom stereocenters. The number of hydrogen-bond donors (Lipinski definition) is 2. The van der Waals surface area contributed by atoms with Gasteiger partial charge in [-0.15, -0.1) is 11.8 Å². The van der Waals surface area contributed by atoms with Crippen molar-refractivity contribution in [1.29, 1.82) is 0 Å². The van der Waals surface area contributed by atoms with Crippen molar-refractivity contribution in [1.82, 2.24) is 5.32 Å². The number of halogens is 1. The number of aliphatic carboxylic acids is 1. The van der Waals surface area contributed by atoms with Crippen LogP contribution in [0, 0.1) is 0 Å². The number of nitrogens with one attached hydrogen (secondary N) is 1. The number of ether oxygens (including phenoxy) is 1. The highest BCUT2D eigenvalue weighted by atomic mass is 79.9. The summed E-state index contributed by atoms with van der Waals surface area (Å²) in [4.78, 5) is 24.5. The maximum absolute atomic E-state index is 12.2. The second-order valence-corrected chi connectivity index (χ2v) is 7.22. The van der Waals surface area contributed by atoms with Crippen molar-refractivity contribution in [2.24, 2.45) is 0 Å². The Bertz CT molecular complexity index is 528. The van der Waals surface area contributed by atoms with E-state index in [1.807, 2.05) is 24.3 Å². The van der Waals surface area contributed by atoms with Crippen LogP contribution in [0.15, 0.2) is 33.6 Å². The van der Waals surface area contributed by atoms with Gasteiger partial charge in [0.25, 0.3) is 0 Å². The van der Waals surface area contributed by atoms with Crippen molar-refractivity contribution < 1.29 is 19.4 Å². The van der Waals surface area contributed by atoms with E-state index in [-0.39, 0.29) is 17.8 Å². The Hall–Kier alpha value is -1.05. The van der Waals surface area contributed by atoms with Gasteiger partial charge in [-0.25, -0.2) is 4.79 Å². The van der Waals surface area contributed by atoms with Crippen LogP contribution in [0.4, 0.5) is 0 Å². The molecule has 21 heavy (non-hydrogen) atoms. The van der Waals surface area contributed by atoms with Crippen molar-refractivity contribution in [3.05, 3.63) is 28.7 Å². The topological polar surface area (TPSA) is 75.6 Å². The Labute approximate surface area is 135 Å². The summed E-state index contributed by atoms with van der Waals surface area (Å²) in [6.07, 6.45) is 0.295. The molecule has 0 bridgehead atoms. The fraction of sp³-hybridized carbons (Fsp3) is 0.429. The molecule has 0 saturated carbocycles. The third-order valence-corrected chi connectivity index (χ3v) is 4.93. The Kier molecular flexibility index (Phi) is 5.29. The first-order chi connectivity index (χ1) is 9.93. The van der Waals surface area contributed by atoms with E-state index in [1.54, 1.807) is 6.92 Å². The zero-order valence-corrected chi connectivity index (χ0v) is 13.9. The van der Waals surface area contributed by atoms with E-state index in [2.05, 4.69) is 21.2 Å². The van der Waals surface area contributed by atoms with Crippen molar-refractivity contribution >= 4 is 39.6 Å². The molecule has 1 aliphatic rings. The fourth-order valence-corrected chi connectivity index (χ4v) is 3.13. The first kappa shape index (κ1) is 16.3. The molecular weight excluding hydrogens is 358 g/mol. The van der Waals surface area contributed by atoms with E-state index in [1.165, 1.54) is 11.8 Å². The molecule has 2 unspecified atom stereocenters. The van der Waals surface area contributed by atoms with Gasteiger partial charge in [0.05, 0.1) is 11.9 Å². The molecule has 1 aromatic rings. The smallest absolute Gasteiger partial charge is 0.331 e. The number of carboxylic acid groups (broad SMARTS) is 1. The van der Waals surface area contributed by atoms with Crippen LogP contribution in [0.1, 0.15) is 13.3 Å². The number of hydrogen-bond acceptors (Lipinski definition) is 4. The number of rotatable bonds is 5. The summed E-state index contributed by atoms with van der Waals surface area (Å²) in [5, 5.41) is 11.6. The molecule has 2 rings (SSSR count). The molecule has 1 heterocycles. The van der Waals surface area contributed by atoms with Crippen LogP contribution in [0.25, 0.3) is 0 Å². The van der Waals surface area contributed by atoms with Crippen LogP contribution in [-0.4, -0.2) is 41.0 Å². The van der Waals surface area contributed by atoms with E-state index in [4.69, 9.17) is 4.74 Å². The van der Waals surface area contributed by atoms with Crippen molar-refractivity contribution in [3.63, 3.8) is 0 Å². The molecule has 0 spiro atoms. The predicted octanol–water partition coefficient (Wildman–Crippen LogP) is 2.29. The largest absolute Gasteiger partial charge is 0.479 e. The Morgan fingerprint density at radius 1 is 1.43 bits per heavy atom. The van der Waals surface area contributed by atoms with E-state index in [0.717, 1.165) is 9.37 Å². The lowest BCUT2D eigenvalue weighted by molar-refractivity contribution is -0.147. The van der Waals surface area contributed by atoms with Gasteiger partial charge in [-0.1, -0.05) is 15.9 Å². The normalized spacial score (nSPS) is 22.8. The average Bonchev–Trinajstić information content (AvgIpc) is 2.91. The van der Waals surface area contributed by atoms with E-state index >= 15 is 0 Å². The summed E-state index contributed by atoms with van der Waals surface area (Å²) in [5.74, 6) is -1.34. The molecule has 5 nitrogen and oxygen atoms in total. The quantitative estimate of drug-likeness (QED) is 0.774. The summed E-state index contributed by atoms with van der Waals surface area (Å²) in [6, 6.07) is 7.61. The minimum Gasteiger partial charge on any atom is -0.479 e. The zero-order valence-electron chi connectivity index (χ0n) is 11.5. The number of carbonyl (C=O) groups excluding carboxylic acids is 1. The maximum Gasteiger partial charge on any atom is 0.331 e. The number of amides is 1. The van der Waals surface area contributed by atoms with Crippen LogP contribution < -0.4 is 5.32 Å². The SMILES string of the molecule is CC(Sc1ccc(Br)cc1)C(=O)NC1(C(=O)O)CCOC1. The summed E-state index contributed by atoms with van der Waals surface area (Å²) in [6.45, 7) is 2.12. The first-order valence-corrected chi connectivity index (χ1v) is 8.16. The molecule has 1 aliphatic heterocycles. The highest BCUT2D eigenvalue weighted by Crippen LogP contribution is 2.26. The number of benzene rings is 1. The van der Waals surface area contributed by atoms with Crippen molar-refractivity contribution in [2.75, 3.05) is 13.2 Å². The van der Waals surface area contributed by atoms with Gasteiger partial charge >= 0.3 is 5.97 Å². The Morgan fingerprint density at radius 2 is 2.10 bits per heavy atom. The predicted molar refractivity (Wildman–Crippen MR) is 83.4 cm³/mol. The molecule has 1 amide bonds. The lowest BCUT2D eigenvalue weighted by Gasteiger charge is -2.25. The average molecular weight is 374 g/mol. The zero-order chi connectivity index (χ0) is 15.5. The Morgan fingerprint density at radius 3 is 2.62 bits per heavy atom. The molecule has 0 aliphatic carbocycles. The van der Waals surface area contributed by atoms with Gasteiger partial charge in [0.2, 0.25) is 5.91 Å². The number of thioether (sulfide) groups is 1. The van der Waals surface area contributed by atoms with Gasteiger partial charge in [0.15, 0.2) is 5.54 Å². The standard InChI is InChI=1S/C14H16BrNO4S/c1-9(21-11-4-2-10(15)3-5-11)12(17)16-14(13(18)19)6-7-20-8-14/h2-5,9H,6-8H2,1H3,(H,16,17)(H,18,19). The van der Waals surface area contributed by atoms with E-state index in [0.29, 0.717) is 13.0 Å². The van der Waals surface area contributed by atoms with E-state index in [9.17, 15) is 14.7 Å². The summed E-state index contributed by atoms with van der Waals surface area (Å²) in [5.41, 5.74) is -1.29. The minimum absolute atomic E-state index is 0.0176. The van der Waals surface area contributed by atoms with Crippen molar-refractivity contribution in [3.8, 4) is 0 Å². The first-order valence-electron chi connectivity index (χ1n) is 6.48. The lowest BCUT2D eigenvalue weighted by Crippen LogP contribution is -2.56. The van der Waals surface area contributed by atoms with E-state index < -0.39 is 11.5 Å². The van der Waals surface area contributed by atoms with Crippen LogP contribution in [0.5, 0.6) is 0 Å². The molecule has 114 valence electrons. The van der Waals surface area contributed by atoms with Gasteiger partial charge < -0.3 is 15.2 Å². The van der Waals surface area contributed by atoms with Crippen molar-refractivity contribution in [2.45, 2.75) is 29.0 Å². The number of carbonyl (C=O) groups is 2. The highest BCUT2D eigenvalue weighted by Gasteiger charge is 2.44. The third-order valence-electron chi connectivity index (χ3n) is 3.29. The highest BCUT2D eigenvalue weighted by molar-refractivity contribution is 9.10. The second-order valence-electron chi connectivity index (χ2n) is 4.89. The molecule has 1 saturated heterocycles. The molecule has 1 fully saturated rings. The van der Waals surface area contributed by atoms with Gasteiger partial charge in [-0.3, -0.25) is 4.79 Å². The summed E-state index contributed by atoms with van der Waals surface area (Å²) < 4.78 is 6.10. The maximum atomic E-state index is 12.2. The molecular formula is C14H16BrNO4S. The third kappa shape index (κ3) is 3.99. The van der Waals surface area contributed by atoms with Gasteiger partial charge in [0, 0.05) is 22.4 Å².